The molecule has 152 valence electrons. The number of benzene rings is 2. The van der Waals surface area contributed by atoms with Crippen molar-refractivity contribution in [3.63, 3.8) is 0 Å². The third-order valence-corrected chi connectivity index (χ3v) is 6.43. The summed E-state index contributed by atoms with van der Waals surface area (Å²) >= 11 is 1.81. The van der Waals surface area contributed by atoms with Crippen molar-refractivity contribution >= 4 is 34.0 Å². The van der Waals surface area contributed by atoms with Crippen LogP contribution >= 0.6 is 11.8 Å². The molecule has 3 heterocycles. The van der Waals surface area contributed by atoms with Crippen LogP contribution in [0.25, 0.3) is 10.9 Å². The van der Waals surface area contributed by atoms with Gasteiger partial charge in [-0.3, -0.25) is 4.90 Å². The molecule has 1 aromatic heterocycles. The molecule has 0 aliphatic carbocycles. The minimum atomic E-state index is 0. The lowest BCUT2D eigenvalue weighted by molar-refractivity contribution is -0.646. The van der Waals surface area contributed by atoms with Crippen LogP contribution < -0.4 is 27.0 Å². The van der Waals surface area contributed by atoms with Crippen molar-refractivity contribution in [2.45, 2.75) is 9.79 Å². The topological polar surface area (TPSA) is 37.6 Å². The number of morpholine rings is 1. The first-order valence-corrected chi connectivity index (χ1v) is 10.5. The summed E-state index contributed by atoms with van der Waals surface area (Å²) in [7, 11) is 2.10. The highest BCUT2D eigenvalue weighted by atomic mass is 35.5. The van der Waals surface area contributed by atoms with E-state index in [9.17, 15) is 0 Å². The minimum absolute atomic E-state index is 0. The van der Waals surface area contributed by atoms with E-state index in [0.717, 1.165) is 44.3 Å². The molecular formula is C22H24ClN3O2S. The quantitative estimate of drug-likeness (QED) is 0.481. The van der Waals surface area contributed by atoms with E-state index < -0.39 is 0 Å². The van der Waals surface area contributed by atoms with E-state index in [0.29, 0.717) is 6.61 Å². The Morgan fingerprint density at radius 2 is 1.97 bits per heavy atom. The fraction of sp³-hybridized carbons (Fsp3) is 0.318. The molecule has 2 aliphatic heterocycles. The number of halogens is 1. The second-order valence-corrected chi connectivity index (χ2v) is 8.27. The van der Waals surface area contributed by atoms with Gasteiger partial charge in [-0.1, -0.05) is 23.9 Å². The summed E-state index contributed by atoms with van der Waals surface area (Å²) in [5, 5.41) is 4.89. The number of pyridine rings is 1. The largest absolute Gasteiger partial charge is 1.00 e. The second kappa shape index (κ2) is 8.79. The van der Waals surface area contributed by atoms with Gasteiger partial charge in [0.25, 0.3) is 0 Å². The molecule has 3 aromatic rings. The number of hydrogen-bond donors (Lipinski definition) is 1. The Kier molecular flexibility index (Phi) is 6.15. The number of anilines is 2. The van der Waals surface area contributed by atoms with E-state index in [-0.39, 0.29) is 12.4 Å². The summed E-state index contributed by atoms with van der Waals surface area (Å²) in [6, 6.07) is 14.8. The lowest BCUT2D eigenvalue weighted by Gasteiger charge is -2.26. The molecule has 29 heavy (non-hydrogen) atoms. The lowest BCUT2D eigenvalue weighted by Crippen LogP contribution is -3.00. The summed E-state index contributed by atoms with van der Waals surface area (Å²) < 4.78 is 13.6. The first kappa shape index (κ1) is 20.3. The second-order valence-electron chi connectivity index (χ2n) is 7.18. The number of para-hydroxylation sites is 1. The molecule has 5 rings (SSSR count). The van der Waals surface area contributed by atoms with E-state index in [1.807, 2.05) is 0 Å². The Bertz CT molecular complexity index is 1020. The van der Waals surface area contributed by atoms with Gasteiger partial charge < -0.3 is 27.2 Å². The van der Waals surface area contributed by atoms with E-state index in [1.165, 1.54) is 26.4 Å². The third-order valence-electron chi connectivity index (χ3n) is 5.32. The van der Waals surface area contributed by atoms with Crippen LogP contribution in [0.4, 0.5) is 11.4 Å². The average molecular weight is 430 g/mol. The minimum Gasteiger partial charge on any atom is -1.00 e. The van der Waals surface area contributed by atoms with Gasteiger partial charge in [0.05, 0.1) is 30.0 Å². The Morgan fingerprint density at radius 1 is 1.14 bits per heavy atom. The van der Waals surface area contributed by atoms with Gasteiger partial charge >= 0.3 is 0 Å². The zero-order valence-electron chi connectivity index (χ0n) is 16.4. The van der Waals surface area contributed by atoms with Crippen LogP contribution in [0.15, 0.2) is 58.5 Å². The molecule has 0 spiro atoms. The lowest BCUT2D eigenvalue weighted by atomic mass is 10.1. The van der Waals surface area contributed by atoms with Crippen molar-refractivity contribution in [2.24, 2.45) is 7.05 Å². The summed E-state index contributed by atoms with van der Waals surface area (Å²) in [6.07, 6.45) is 2.20. The van der Waals surface area contributed by atoms with Crippen molar-refractivity contribution in [3.05, 3.63) is 48.7 Å². The molecule has 0 unspecified atom stereocenters. The molecule has 0 bridgehead atoms. The van der Waals surface area contributed by atoms with Crippen molar-refractivity contribution in [1.29, 1.82) is 0 Å². The van der Waals surface area contributed by atoms with Gasteiger partial charge in [0.15, 0.2) is 6.20 Å². The van der Waals surface area contributed by atoms with E-state index >= 15 is 0 Å². The molecule has 0 radical (unpaired) electrons. The molecule has 1 fully saturated rings. The maximum absolute atomic E-state index is 6.03. The number of aryl methyl sites for hydroxylation is 1. The van der Waals surface area contributed by atoms with Crippen molar-refractivity contribution in [1.82, 2.24) is 4.90 Å². The summed E-state index contributed by atoms with van der Waals surface area (Å²) in [4.78, 5) is 4.86. The zero-order chi connectivity index (χ0) is 18.9. The van der Waals surface area contributed by atoms with Crippen molar-refractivity contribution < 1.29 is 26.4 Å². The Balaban J connectivity index is 0.00000205. The molecule has 0 amide bonds. The molecule has 7 heteroatoms. The first-order valence-electron chi connectivity index (χ1n) is 9.71. The van der Waals surface area contributed by atoms with Crippen LogP contribution in [0.3, 0.4) is 0 Å². The monoisotopic (exact) mass is 429 g/mol. The fourth-order valence-corrected chi connectivity index (χ4v) is 4.86. The standard InChI is InChI=1S/C22H23N3O2S.ClH/c1-24-15-21-22(17-4-2-3-5-19(17)24)23-18-14-16(6-7-20(18)28-21)27-13-10-25-8-11-26-12-9-25;/h2-7,14-15H,8-13H2,1H3;1H. The molecule has 2 aromatic carbocycles. The van der Waals surface area contributed by atoms with E-state index in [2.05, 4.69) is 70.5 Å². The third kappa shape index (κ3) is 4.16. The Morgan fingerprint density at radius 3 is 2.83 bits per heavy atom. The first-order chi connectivity index (χ1) is 13.8. The normalized spacial score (nSPS) is 15.8. The molecule has 0 atom stereocenters. The van der Waals surface area contributed by atoms with Crippen LogP contribution in [0.1, 0.15) is 0 Å². The maximum atomic E-state index is 6.03. The number of ether oxygens (including phenoxy) is 2. The smallest absolute Gasteiger partial charge is 0.214 e. The number of rotatable bonds is 4. The van der Waals surface area contributed by atoms with E-state index in [1.54, 1.807) is 11.8 Å². The van der Waals surface area contributed by atoms with Gasteiger partial charge in [0.1, 0.15) is 24.3 Å². The Labute approximate surface area is 181 Å². The average Bonchev–Trinajstić information content (AvgIpc) is 2.74. The zero-order valence-corrected chi connectivity index (χ0v) is 17.9. The van der Waals surface area contributed by atoms with Gasteiger partial charge in [-0.15, -0.1) is 0 Å². The fourth-order valence-electron chi connectivity index (χ4n) is 3.80. The molecule has 1 saturated heterocycles. The van der Waals surface area contributed by atoms with Crippen LogP contribution in [0.5, 0.6) is 5.75 Å². The molecular weight excluding hydrogens is 406 g/mol. The summed E-state index contributed by atoms with van der Waals surface area (Å²) in [5.41, 5.74) is 3.51. The summed E-state index contributed by atoms with van der Waals surface area (Å²) in [6.45, 7) is 5.27. The number of nitrogens with one attached hydrogen (secondary N) is 1. The highest BCUT2D eigenvalue weighted by Gasteiger charge is 2.23. The van der Waals surface area contributed by atoms with Gasteiger partial charge in [0, 0.05) is 36.7 Å². The molecule has 0 saturated carbocycles. The highest BCUT2D eigenvalue weighted by molar-refractivity contribution is 7.99. The molecule has 1 N–H and O–H groups in total. The number of nitrogens with zero attached hydrogens (tertiary/aromatic N) is 2. The molecule has 5 nitrogen and oxygen atoms in total. The van der Waals surface area contributed by atoms with Crippen molar-refractivity contribution in [3.8, 4) is 5.75 Å². The summed E-state index contributed by atoms with van der Waals surface area (Å²) in [5.74, 6) is 0.911. The van der Waals surface area contributed by atoms with Crippen LogP contribution in [-0.4, -0.2) is 44.4 Å². The van der Waals surface area contributed by atoms with Gasteiger partial charge in [-0.25, -0.2) is 0 Å². The maximum Gasteiger partial charge on any atom is 0.214 e. The number of fused-ring (bicyclic) bond motifs is 4. The SMILES string of the molecule is C[n+]1cc2c(c3ccccc31)Nc1cc(OCCN3CCOCC3)ccc1S2.[Cl-]. The molecule has 2 aliphatic rings. The van der Waals surface area contributed by atoms with Gasteiger partial charge in [-0.2, -0.15) is 4.57 Å². The number of hydrogen-bond acceptors (Lipinski definition) is 5. The van der Waals surface area contributed by atoms with Crippen LogP contribution in [0.2, 0.25) is 0 Å². The van der Waals surface area contributed by atoms with Gasteiger partial charge in [0.2, 0.25) is 5.52 Å². The van der Waals surface area contributed by atoms with Crippen LogP contribution in [0, 0.1) is 0 Å². The highest BCUT2D eigenvalue weighted by Crippen LogP contribution is 2.46. The van der Waals surface area contributed by atoms with E-state index in [4.69, 9.17) is 9.47 Å². The van der Waals surface area contributed by atoms with Gasteiger partial charge in [-0.05, 0) is 18.2 Å². The predicted molar refractivity (Wildman–Crippen MR) is 112 cm³/mol. The predicted octanol–water partition coefficient (Wildman–Crippen LogP) is 0.588. The number of aromatic nitrogens is 1. The Hall–Kier alpha value is -1.99. The van der Waals surface area contributed by atoms with Crippen LogP contribution in [-0.2, 0) is 11.8 Å². The van der Waals surface area contributed by atoms with Crippen molar-refractivity contribution in [2.75, 3.05) is 44.8 Å².